The maximum absolute atomic E-state index is 14.6. The molecule has 8 heteroatoms. The van der Waals surface area contributed by atoms with E-state index in [0.717, 1.165) is 22.0 Å². The molecule has 1 heterocycles. The fourth-order valence-electron chi connectivity index (χ4n) is 2.91. The summed E-state index contributed by atoms with van der Waals surface area (Å²) in [5.74, 6) is 0.633. The first kappa shape index (κ1) is 20.7. The monoisotopic (exact) mass is 466 g/mol. The largest absolute Gasteiger partial charge is 0.465 e. The van der Waals surface area contributed by atoms with Gasteiger partial charge in [-0.25, -0.2) is 14.0 Å². The van der Waals surface area contributed by atoms with Crippen molar-refractivity contribution in [3.8, 4) is 0 Å². The van der Waals surface area contributed by atoms with Crippen molar-refractivity contribution in [1.82, 2.24) is 4.90 Å². The second-order valence-electron chi connectivity index (χ2n) is 6.24. The second-order valence-corrected chi connectivity index (χ2v) is 8.38. The molecule has 0 saturated carbocycles. The number of urea groups is 1. The minimum atomic E-state index is -0.600. The third-order valence-electron chi connectivity index (χ3n) is 4.45. The van der Waals surface area contributed by atoms with Gasteiger partial charge in [-0.1, -0.05) is 22.0 Å². The summed E-state index contributed by atoms with van der Waals surface area (Å²) in [5.41, 5.74) is 1.15. The fourth-order valence-corrected chi connectivity index (χ4v) is 4.07. The number of carbonyl (C=O) groups is 2. The third-order valence-corrected chi connectivity index (χ3v) is 5.92. The molecule has 2 aromatic rings. The molecular weight excluding hydrogens is 447 g/mol. The Morgan fingerprint density at radius 3 is 2.46 bits per heavy atom. The number of hydrogen-bond acceptors (Lipinski definition) is 4. The normalized spacial score (nSPS) is 13.9. The number of halogens is 2. The topological polar surface area (TPSA) is 49.9 Å². The highest BCUT2D eigenvalue weighted by Gasteiger charge is 2.25. The van der Waals surface area contributed by atoms with E-state index < -0.39 is 11.8 Å². The van der Waals surface area contributed by atoms with Crippen LogP contribution < -0.4 is 4.90 Å². The highest BCUT2D eigenvalue weighted by Crippen LogP contribution is 2.24. The van der Waals surface area contributed by atoms with Gasteiger partial charge in [-0.3, -0.25) is 4.90 Å². The summed E-state index contributed by atoms with van der Waals surface area (Å²) < 4.78 is 20.1. The zero-order valence-corrected chi connectivity index (χ0v) is 17.8. The molecule has 148 valence electrons. The van der Waals surface area contributed by atoms with E-state index in [-0.39, 0.29) is 18.1 Å². The van der Waals surface area contributed by atoms with E-state index in [9.17, 15) is 14.0 Å². The number of nitrogens with zero attached hydrogens (tertiary/aromatic N) is 2. The molecule has 1 saturated heterocycles. The van der Waals surface area contributed by atoms with Crippen LogP contribution in [0.15, 0.2) is 46.9 Å². The molecule has 1 fully saturated rings. The molecule has 0 radical (unpaired) electrons. The van der Waals surface area contributed by atoms with Gasteiger partial charge < -0.3 is 9.64 Å². The SMILES string of the molecule is COC(=O)c1ccc(CN(C(=O)N2CCSCC2)c2ccc(Br)cc2)c(F)c1. The van der Waals surface area contributed by atoms with Gasteiger partial charge in [-0.15, -0.1) is 0 Å². The molecule has 2 aromatic carbocycles. The van der Waals surface area contributed by atoms with Gasteiger partial charge in [0, 0.05) is 40.3 Å². The van der Waals surface area contributed by atoms with Crippen LogP contribution in [0.2, 0.25) is 0 Å². The lowest BCUT2D eigenvalue weighted by molar-refractivity contribution is 0.0600. The van der Waals surface area contributed by atoms with Crippen LogP contribution >= 0.6 is 27.7 Å². The van der Waals surface area contributed by atoms with Crippen LogP contribution in [0, 0.1) is 5.82 Å². The summed E-state index contributed by atoms with van der Waals surface area (Å²) in [6.45, 7) is 1.40. The van der Waals surface area contributed by atoms with E-state index in [1.165, 1.54) is 19.2 Å². The van der Waals surface area contributed by atoms with E-state index in [1.54, 1.807) is 9.80 Å². The summed E-state index contributed by atoms with van der Waals surface area (Å²) in [4.78, 5) is 28.1. The molecule has 0 unspecified atom stereocenters. The standard InChI is InChI=1S/C20H20BrFN2O3S/c1-27-19(25)14-2-3-15(18(22)12-14)13-24(17-6-4-16(21)5-7-17)20(26)23-8-10-28-11-9-23/h2-7,12H,8-11,13H2,1H3. The average Bonchev–Trinajstić information content (AvgIpc) is 2.73. The van der Waals surface area contributed by atoms with Gasteiger partial charge in [0.2, 0.25) is 0 Å². The number of methoxy groups -OCH3 is 1. The highest BCUT2D eigenvalue weighted by atomic mass is 79.9. The Morgan fingerprint density at radius 1 is 1.18 bits per heavy atom. The van der Waals surface area contributed by atoms with Gasteiger partial charge in [0.25, 0.3) is 0 Å². The molecule has 0 N–H and O–H groups in total. The summed E-state index contributed by atoms with van der Waals surface area (Å²) in [5, 5.41) is 0. The van der Waals surface area contributed by atoms with Crippen molar-refractivity contribution in [2.75, 3.05) is 36.6 Å². The summed E-state index contributed by atoms with van der Waals surface area (Å²) in [6, 6.07) is 11.3. The number of ether oxygens (including phenoxy) is 1. The number of benzene rings is 2. The Hall–Kier alpha value is -2.06. The molecule has 28 heavy (non-hydrogen) atoms. The molecule has 0 spiro atoms. The molecule has 1 aliphatic heterocycles. The maximum Gasteiger partial charge on any atom is 0.337 e. The number of esters is 1. The Balaban J connectivity index is 1.89. The van der Waals surface area contributed by atoms with Crippen molar-refractivity contribution >= 4 is 45.4 Å². The first-order chi connectivity index (χ1) is 13.5. The number of anilines is 1. The molecular formula is C20H20BrFN2O3S. The Bertz CT molecular complexity index is 857. The lowest BCUT2D eigenvalue weighted by Gasteiger charge is -2.33. The molecule has 5 nitrogen and oxygen atoms in total. The van der Waals surface area contributed by atoms with Crippen LogP contribution in [0.3, 0.4) is 0 Å². The molecule has 0 atom stereocenters. The van der Waals surface area contributed by atoms with Gasteiger partial charge in [0.05, 0.1) is 19.2 Å². The fraction of sp³-hybridized carbons (Fsp3) is 0.300. The van der Waals surface area contributed by atoms with Gasteiger partial charge in [0.1, 0.15) is 5.82 Å². The van der Waals surface area contributed by atoms with Crippen LogP contribution in [-0.2, 0) is 11.3 Å². The zero-order valence-electron chi connectivity index (χ0n) is 15.4. The lowest BCUT2D eigenvalue weighted by atomic mass is 10.1. The average molecular weight is 467 g/mol. The van der Waals surface area contributed by atoms with Crippen LogP contribution in [0.4, 0.5) is 14.9 Å². The van der Waals surface area contributed by atoms with Crippen LogP contribution in [-0.4, -0.2) is 48.6 Å². The van der Waals surface area contributed by atoms with E-state index in [4.69, 9.17) is 0 Å². The molecule has 3 rings (SSSR count). The minimum absolute atomic E-state index is 0.0669. The van der Waals surface area contributed by atoms with Crippen molar-refractivity contribution < 1.29 is 18.7 Å². The van der Waals surface area contributed by atoms with E-state index >= 15 is 0 Å². The van der Waals surface area contributed by atoms with Crippen molar-refractivity contribution in [1.29, 1.82) is 0 Å². The van der Waals surface area contributed by atoms with Gasteiger partial charge in [-0.2, -0.15) is 11.8 Å². The zero-order chi connectivity index (χ0) is 20.1. The first-order valence-corrected chi connectivity index (χ1v) is 10.7. The lowest BCUT2D eigenvalue weighted by Crippen LogP contribution is -2.46. The second kappa shape index (κ2) is 9.43. The van der Waals surface area contributed by atoms with Crippen molar-refractivity contribution in [3.63, 3.8) is 0 Å². The summed E-state index contributed by atoms with van der Waals surface area (Å²) >= 11 is 5.21. The van der Waals surface area contributed by atoms with Gasteiger partial charge in [-0.05, 0) is 36.4 Å². The minimum Gasteiger partial charge on any atom is -0.465 e. The van der Waals surface area contributed by atoms with Crippen LogP contribution in [0.25, 0.3) is 0 Å². The summed E-state index contributed by atoms with van der Waals surface area (Å²) in [7, 11) is 1.25. The maximum atomic E-state index is 14.6. The molecule has 0 bridgehead atoms. The molecule has 1 aliphatic rings. The highest BCUT2D eigenvalue weighted by molar-refractivity contribution is 9.10. The van der Waals surface area contributed by atoms with Gasteiger partial charge in [0.15, 0.2) is 0 Å². The van der Waals surface area contributed by atoms with E-state index in [2.05, 4.69) is 20.7 Å². The van der Waals surface area contributed by atoms with Crippen molar-refractivity contribution in [3.05, 3.63) is 63.9 Å². The Kier molecular flexibility index (Phi) is 6.96. The number of rotatable bonds is 4. The summed E-state index contributed by atoms with van der Waals surface area (Å²) in [6.07, 6.45) is 0. The smallest absolute Gasteiger partial charge is 0.337 e. The van der Waals surface area contributed by atoms with Crippen molar-refractivity contribution in [2.45, 2.75) is 6.54 Å². The number of carbonyl (C=O) groups excluding carboxylic acids is 2. The number of hydrogen-bond donors (Lipinski definition) is 0. The van der Waals surface area contributed by atoms with E-state index in [0.29, 0.717) is 24.3 Å². The third kappa shape index (κ3) is 4.86. The quantitative estimate of drug-likeness (QED) is 0.620. The van der Waals surface area contributed by atoms with Crippen molar-refractivity contribution in [2.24, 2.45) is 0 Å². The van der Waals surface area contributed by atoms with Gasteiger partial charge >= 0.3 is 12.0 Å². The van der Waals surface area contributed by atoms with Crippen LogP contribution in [0.5, 0.6) is 0 Å². The molecule has 0 aromatic heterocycles. The Labute approximate surface area is 176 Å². The molecule has 0 aliphatic carbocycles. The van der Waals surface area contributed by atoms with E-state index in [1.807, 2.05) is 36.0 Å². The number of thioether (sulfide) groups is 1. The number of amides is 2. The predicted octanol–water partition coefficient (Wildman–Crippen LogP) is 4.55. The molecule has 2 amide bonds. The first-order valence-electron chi connectivity index (χ1n) is 8.76. The Morgan fingerprint density at radius 2 is 1.86 bits per heavy atom. The predicted molar refractivity (Wildman–Crippen MR) is 112 cm³/mol. The van der Waals surface area contributed by atoms with Crippen LogP contribution in [0.1, 0.15) is 15.9 Å².